The van der Waals surface area contributed by atoms with Crippen molar-refractivity contribution >= 4 is 0 Å². The van der Waals surface area contributed by atoms with E-state index < -0.39 is 6.10 Å². The number of nitrogens with zero attached hydrogens (tertiary/aromatic N) is 3. The summed E-state index contributed by atoms with van der Waals surface area (Å²) in [5, 5.41) is 19.1. The third-order valence-corrected chi connectivity index (χ3v) is 5.64. The molecule has 0 radical (unpaired) electrons. The van der Waals surface area contributed by atoms with Crippen LogP contribution in [0.5, 0.6) is 5.75 Å². The lowest BCUT2D eigenvalue weighted by molar-refractivity contribution is 0.0446. The lowest BCUT2D eigenvalue weighted by atomic mass is 10.0. The van der Waals surface area contributed by atoms with Crippen molar-refractivity contribution in [2.45, 2.75) is 38.8 Å². The van der Waals surface area contributed by atoms with Gasteiger partial charge in [0.25, 0.3) is 0 Å². The number of piperazine rings is 1. The van der Waals surface area contributed by atoms with Gasteiger partial charge in [0, 0.05) is 39.3 Å². The second-order valence-corrected chi connectivity index (χ2v) is 8.42. The lowest BCUT2D eigenvalue weighted by Crippen LogP contribution is -2.48. The van der Waals surface area contributed by atoms with Crippen molar-refractivity contribution in [3.8, 4) is 11.8 Å². The molecule has 0 aliphatic carbocycles. The highest BCUT2D eigenvalue weighted by molar-refractivity contribution is 5.28. The number of ether oxygens (including phenoxy) is 1. The van der Waals surface area contributed by atoms with Gasteiger partial charge in [0.15, 0.2) is 0 Å². The number of hydrogen-bond donors (Lipinski definition) is 1. The zero-order valence-corrected chi connectivity index (χ0v) is 18.1. The number of benzene rings is 2. The van der Waals surface area contributed by atoms with E-state index in [1.807, 2.05) is 24.3 Å². The van der Waals surface area contributed by atoms with Crippen LogP contribution in [0.3, 0.4) is 0 Å². The first kappa shape index (κ1) is 22.3. The molecule has 5 nitrogen and oxygen atoms in total. The Hall–Kier alpha value is -2.39. The van der Waals surface area contributed by atoms with E-state index >= 15 is 0 Å². The molecule has 1 aliphatic rings. The number of hydrogen-bond acceptors (Lipinski definition) is 5. The number of β-amino-alcohol motifs (C(OH)–C–C–N with tert-alkyl or cyclic N) is 1. The van der Waals surface area contributed by atoms with E-state index in [9.17, 15) is 5.11 Å². The molecule has 160 valence electrons. The number of nitriles is 1. The van der Waals surface area contributed by atoms with Crippen LogP contribution in [0.15, 0.2) is 48.5 Å². The van der Waals surface area contributed by atoms with Crippen molar-refractivity contribution in [3.63, 3.8) is 0 Å². The Morgan fingerprint density at radius 3 is 2.13 bits per heavy atom. The maximum absolute atomic E-state index is 10.4. The lowest BCUT2D eigenvalue weighted by Gasteiger charge is -2.35. The Balaban J connectivity index is 1.36. The second kappa shape index (κ2) is 11.1. The molecule has 0 bridgehead atoms. The molecule has 1 unspecified atom stereocenters. The smallest absolute Gasteiger partial charge is 0.119 e. The minimum atomic E-state index is -0.515. The average Bonchev–Trinajstić information content (AvgIpc) is 2.75. The number of aliphatic hydroxyl groups is 1. The number of rotatable bonds is 9. The van der Waals surface area contributed by atoms with E-state index in [1.54, 1.807) is 0 Å². The Labute approximate surface area is 180 Å². The van der Waals surface area contributed by atoms with Gasteiger partial charge in [-0.25, -0.2) is 0 Å². The van der Waals surface area contributed by atoms with Crippen LogP contribution in [-0.2, 0) is 13.0 Å². The molecule has 0 saturated carbocycles. The molecule has 0 spiro atoms. The third kappa shape index (κ3) is 6.84. The molecule has 1 fully saturated rings. The molecular formula is C25H33N3O2. The quantitative estimate of drug-likeness (QED) is 0.690. The van der Waals surface area contributed by atoms with Crippen LogP contribution in [0.1, 0.15) is 36.5 Å². The van der Waals surface area contributed by atoms with Crippen LogP contribution in [-0.4, -0.2) is 60.3 Å². The highest BCUT2D eigenvalue weighted by atomic mass is 16.5. The fourth-order valence-electron chi connectivity index (χ4n) is 3.73. The highest BCUT2D eigenvalue weighted by Gasteiger charge is 2.19. The van der Waals surface area contributed by atoms with E-state index in [-0.39, 0.29) is 6.61 Å². The summed E-state index contributed by atoms with van der Waals surface area (Å²) in [6.07, 6.45) is -0.114. The fourth-order valence-corrected chi connectivity index (χ4v) is 3.73. The van der Waals surface area contributed by atoms with Crippen LogP contribution in [0.4, 0.5) is 0 Å². The molecule has 1 aliphatic heterocycles. The molecular weight excluding hydrogens is 374 g/mol. The van der Waals surface area contributed by atoms with Gasteiger partial charge in [-0.05, 0) is 34.7 Å². The third-order valence-electron chi connectivity index (χ3n) is 5.64. The summed E-state index contributed by atoms with van der Waals surface area (Å²) in [7, 11) is 0. The van der Waals surface area contributed by atoms with Gasteiger partial charge < -0.3 is 9.84 Å². The Morgan fingerprint density at radius 1 is 0.933 bits per heavy atom. The van der Waals surface area contributed by atoms with Crippen molar-refractivity contribution in [2.75, 3.05) is 39.3 Å². The Kier molecular flexibility index (Phi) is 8.27. The summed E-state index contributed by atoms with van der Waals surface area (Å²) in [5.74, 6) is 1.30. The van der Waals surface area contributed by atoms with Crippen LogP contribution >= 0.6 is 0 Å². The van der Waals surface area contributed by atoms with E-state index in [0.29, 0.717) is 18.9 Å². The van der Waals surface area contributed by atoms with E-state index in [4.69, 9.17) is 10.00 Å². The zero-order chi connectivity index (χ0) is 21.3. The van der Waals surface area contributed by atoms with E-state index in [1.165, 1.54) is 11.1 Å². The van der Waals surface area contributed by atoms with Crippen molar-refractivity contribution in [2.24, 2.45) is 0 Å². The molecule has 1 heterocycles. The topological polar surface area (TPSA) is 59.7 Å². The predicted octanol–water partition coefficient (Wildman–Crippen LogP) is 3.43. The summed E-state index contributed by atoms with van der Waals surface area (Å²) in [5.41, 5.74) is 3.72. The van der Waals surface area contributed by atoms with Gasteiger partial charge in [0.2, 0.25) is 0 Å². The van der Waals surface area contributed by atoms with Gasteiger partial charge in [-0.1, -0.05) is 50.2 Å². The first-order chi connectivity index (χ1) is 14.5. The standard InChI is InChI=1S/C25H33N3O2/c1-20(2)23-7-3-22(4-8-23)17-27-13-15-28(16-14-27)18-24(29)19-30-25-9-5-21(6-10-25)11-12-26/h3-10,20,24,29H,11,13-19H2,1-2H3. The summed E-state index contributed by atoms with van der Waals surface area (Å²) in [4.78, 5) is 4.79. The van der Waals surface area contributed by atoms with Gasteiger partial charge >= 0.3 is 0 Å². The normalized spacial score (nSPS) is 16.4. The average molecular weight is 408 g/mol. The van der Waals surface area contributed by atoms with Crippen LogP contribution < -0.4 is 4.74 Å². The molecule has 5 heteroatoms. The van der Waals surface area contributed by atoms with Gasteiger partial charge in [-0.2, -0.15) is 5.26 Å². The molecule has 2 aromatic carbocycles. The van der Waals surface area contributed by atoms with E-state index in [0.717, 1.165) is 44.0 Å². The zero-order valence-electron chi connectivity index (χ0n) is 18.1. The van der Waals surface area contributed by atoms with E-state index in [2.05, 4.69) is 54.0 Å². The molecule has 3 rings (SSSR count). The minimum absolute atomic E-state index is 0.278. The molecule has 1 atom stereocenters. The molecule has 0 aromatic heterocycles. The van der Waals surface area contributed by atoms with Crippen molar-refractivity contribution < 1.29 is 9.84 Å². The van der Waals surface area contributed by atoms with Crippen LogP contribution in [0.2, 0.25) is 0 Å². The number of aliphatic hydroxyl groups excluding tert-OH is 1. The second-order valence-electron chi connectivity index (χ2n) is 8.42. The monoisotopic (exact) mass is 407 g/mol. The van der Waals surface area contributed by atoms with Gasteiger partial charge in [0.1, 0.15) is 18.5 Å². The highest BCUT2D eigenvalue weighted by Crippen LogP contribution is 2.17. The van der Waals surface area contributed by atoms with Gasteiger partial charge in [-0.15, -0.1) is 0 Å². The molecule has 1 N–H and O–H groups in total. The SMILES string of the molecule is CC(C)c1ccc(CN2CCN(CC(O)COc3ccc(CC#N)cc3)CC2)cc1. The van der Waals surface area contributed by atoms with Crippen LogP contribution in [0.25, 0.3) is 0 Å². The van der Waals surface area contributed by atoms with Crippen molar-refractivity contribution in [3.05, 3.63) is 65.2 Å². The maximum atomic E-state index is 10.4. The minimum Gasteiger partial charge on any atom is -0.491 e. The van der Waals surface area contributed by atoms with Gasteiger partial charge in [0.05, 0.1) is 12.5 Å². The summed E-state index contributed by atoms with van der Waals surface area (Å²) in [6.45, 7) is 10.3. The maximum Gasteiger partial charge on any atom is 0.119 e. The molecule has 1 saturated heterocycles. The van der Waals surface area contributed by atoms with Crippen molar-refractivity contribution in [1.29, 1.82) is 5.26 Å². The summed E-state index contributed by atoms with van der Waals surface area (Å²) < 4.78 is 5.70. The summed E-state index contributed by atoms with van der Waals surface area (Å²) >= 11 is 0. The Morgan fingerprint density at radius 2 is 1.53 bits per heavy atom. The molecule has 30 heavy (non-hydrogen) atoms. The molecule has 2 aromatic rings. The van der Waals surface area contributed by atoms with Crippen LogP contribution in [0, 0.1) is 11.3 Å². The van der Waals surface area contributed by atoms with Crippen molar-refractivity contribution in [1.82, 2.24) is 9.80 Å². The van der Waals surface area contributed by atoms with Gasteiger partial charge in [-0.3, -0.25) is 9.80 Å². The Bertz CT molecular complexity index is 804. The first-order valence-electron chi connectivity index (χ1n) is 10.8. The first-order valence-corrected chi connectivity index (χ1v) is 10.8. The summed E-state index contributed by atoms with van der Waals surface area (Å²) in [6, 6.07) is 18.6. The fraction of sp³-hybridized carbons (Fsp3) is 0.480. The largest absolute Gasteiger partial charge is 0.491 e. The molecule has 0 amide bonds. The predicted molar refractivity (Wildman–Crippen MR) is 120 cm³/mol.